The molecular formula is C31H49N3O8. The molecule has 0 aromatic rings. The fraction of sp³-hybridized carbons (Fsp3) is 0.806. The van der Waals surface area contributed by atoms with Gasteiger partial charge in [-0.3, -0.25) is 14.5 Å². The molecule has 2 amide bonds. The monoisotopic (exact) mass is 591 g/mol. The van der Waals surface area contributed by atoms with E-state index >= 15 is 0 Å². The zero-order valence-electron chi connectivity index (χ0n) is 26.0. The Bertz CT molecular complexity index is 1090. The van der Waals surface area contributed by atoms with Crippen LogP contribution in [0.4, 0.5) is 4.79 Å². The van der Waals surface area contributed by atoms with Gasteiger partial charge in [-0.2, -0.15) is 0 Å². The molecule has 0 aromatic carbocycles. The third kappa shape index (κ3) is 7.17. The van der Waals surface area contributed by atoms with E-state index < -0.39 is 52.5 Å². The molecule has 11 heteroatoms. The zero-order valence-corrected chi connectivity index (χ0v) is 26.0. The molecule has 3 fully saturated rings. The summed E-state index contributed by atoms with van der Waals surface area (Å²) in [5.74, 6) is -2.10. The summed E-state index contributed by atoms with van der Waals surface area (Å²) in [4.78, 5) is 55.3. The van der Waals surface area contributed by atoms with Gasteiger partial charge >= 0.3 is 12.1 Å². The summed E-state index contributed by atoms with van der Waals surface area (Å²) in [6.07, 6.45) is 5.76. The van der Waals surface area contributed by atoms with E-state index in [0.717, 1.165) is 19.3 Å². The van der Waals surface area contributed by atoms with Crippen LogP contribution in [0.25, 0.3) is 0 Å². The second-order valence-corrected chi connectivity index (χ2v) is 14.8. The van der Waals surface area contributed by atoms with Crippen LogP contribution in [0.3, 0.4) is 0 Å². The third-order valence-corrected chi connectivity index (χ3v) is 9.55. The molecule has 2 aliphatic heterocycles. The number of nitrogens with zero attached hydrogens (tertiary/aromatic N) is 2. The predicted molar refractivity (Wildman–Crippen MR) is 155 cm³/mol. The number of nitrogens with one attached hydrogen (secondary N) is 1. The van der Waals surface area contributed by atoms with Gasteiger partial charge in [0.15, 0.2) is 6.04 Å². The zero-order chi connectivity index (χ0) is 31.1. The molecule has 0 aromatic heterocycles. The van der Waals surface area contributed by atoms with Crippen molar-refractivity contribution >= 4 is 23.8 Å². The average Bonchev–Trinajstić information content (AvgIpc) is 3.34. The number of amides is 2. The van der Waals surface area contributed by atoms with Gasteiger partial charge in [-0.25, -0.2) is 9.59 Å². The number of carboxylic acid groups (broad SMARTS) is 1. The minimum absolute atomic E-state index is 0.0397. The SMILES string of the molecule is C[C@@H](OCC1(CO)CC=CCC1)[C@H](NC(=O)[C@@H]1CN(C(=O)OC(C)(C)C)CC12CN(CC(=O)[C@H]1CC1(C)C)C2)C(=O)O. The first-order valence-corrected chi connectivity index (χ1v) is 15.1. The third-order valence-electron chi connectivity index (χ3n) is 9.55. The lowest BCUT2D eigenvalue weighted by Gasteiger charge is -2.50. The number of hydrogen-bond acceptors (Lipinski definition) is 8. The molecule has 4 aliphatic rings. The quantitative estimate of drug-likeness (QED) is 0.309. The van der Waals surface area contributed by atoms with Crippen LogP contribution in [0.1, 0.15) is 67.2 Å². The first-order chi connectivity index (χ1) is 19.5. The van der Waals surface area contributed by atoms with Gasteiger partial charge in [-0.1, -0.05) is 26.0 Å². The standard InChI is InChI=1S/C31H49N3O8/c1-20(41-19-30(18-35)10-8-7-9-11-30)24(26(38)39)32-25(37)22-13-34(27(40)42-28(2,3)4)17-31(22)15-33(16-31)14-23(36)21-12-29(21,5)6/h7-8,20-22,24,35H,9-19H2,1-6H3,(H,32,37)(H,38,39)/t20-,21-,22+,24+,30?/m1/s1. The largest absolute Gasteiger partial charge is 0.480 e. The Balaban J connectivity index is 1.43. The van der Waals surface area contributed by atoms with Gasteiger partial charge in [-0.15, -0.1) is 0 Å². The molecule has 0 bridgehead atoms. The van der Waals surface area contributed by atoms with E-state index in [0.29, 0.717) is 26.1 Å². The van der Waals surface area contributed by atoms with Crippen LogP contribution >= 0.6 is 0 Å². The smallest absolute Gasteiger partial charge is 0.410 e. The van der Waals surface area contributed by atoms with E-state index in [-0.39, 0.29) is 43.4 Å². The van der Waals surface area contributed by atoms with Gasteiger partial charge in [0, 0.05) is 42.9 Å². The van der Waals surface area contributed by atoms with Crippen LogP contribution in [-0.2, 0) is 23.9 Å². The summed E-state index contributed by atoms with van der Waals surface area (Å²) in [5, 5.41) is 22.7. The molecule has 2 heterocycles. The van der Waals surface area contributed by atoms with Crippen LogP contribution in [0.15, 0.2) is 12.2 Å². The molecule has 4 rings (SSSR count). The number of aliphatic carboxylic acids is 1. The van der Waals surface area contributed by atoms with Gasteiger partial charge < -0.3 is 29.9 Å². The minimum atomic E-state index is -1.31. The van der Waals surface area contributed by atoms with E-state index in [9.17, 15) is 29.4 Å². The van der Waals surface area contributed by atoms with Crippen molar-refractivity contribution in [3.05, 3.63) is 12.2 Å². The Labute approximate surface area is 249 Å². The molecule has 2 saturated heterocycles. The first-order valence-electron chi connectivity index (χ1n) is 15.1. The summed E-state index contributed by atoms with van der Waals surface area (Å²) < 4.78 is 11.5. The van der Waals surface area contributed by atoms with Crippen LogP contribution in [0.2, 0.25) is 0 Å². The Morgan fingerprint density at radius 2 is 1.76 bits per heavy atom. The molecule has 11 nitrogen and oxygen atoms in total. The lowest BCUT2D eigenvalue weighted by molar-refractivity contribution is -0.150. The number of carbonyl (C=O) groups is 4. The Morgan fingerprint density at radius 3 is 2.29 bits per heavy atom. The van der Waals surface area contributed by atoms with Crippen molar-refractivity contribution in [3.63, 3.8) is 0 Å². The highest BCUT2D eigenvalue weighted by molar-refractivity contribution is 5.88. The number of likely N-dealkylation sites (tertiary alicyclic amines) is 2. The lowest BCUT2D eigenvalue weighted by Crippen LogP contribution is -2.64. The number of carbonyl (C=O) groups excluding carboxylic acids is 3. The number of ketones is 1. The summed E-state index contributed by atoms with van der Waals surface area (Å²) in [5.41, 5.74) is -1.75. The normalized spacial score (nSPS) is 29.5. The highest BCUT2D eigenvalue weighted by Gasteiger charge is 2.59. The lowest BCUT2D eigenvalue weighted by atomic mass is 9.71. The molecule has 42 heavy (non-hydrogen) atoms. The number of allylic oxidation sites excluding steroid dienone is 2. The van der Waals surface area contributed by atoms with Gasteiger partial charge in [0.2, 0.25) is 5.91 Å². The van der Waals surface area contributed by atoms with Crippen molar-refractivity contribution in [3.8, 4) is 0 Å². The number of aliphatic hydroxyl groups is 1. The topological polar surface area (TPSA) is 146 Å². The number of carboxylic acids is 1. The van der Waals surface area contributed by atoms with E-state index in [1.54, 1.807) is 27.7 Å². The summed E-state index contributed by atoms with van der Waals surface area (Å²) in [6, 6.07) is -1.31. The van der Waals surface area contributed by atoms with Crippen molar-refractivity contribution < 1.29 is 38.9 Å². The van der Waals surface area contributed by atoms with Gasteiger partial charge in [0.05, 0.1) is 31.8 Å². The molecule has 5 atom stereocenters. The Hall–Kier alpha value is -2.50. The minimum Gasteiger partial charge on any atom is -0.480 e. The highest BCUT2D eigenvalue weighted by atomic mass is 16.6. The Morgan fingerprint density at radius 1 is 1.10 bits per heavy atom. The second-order valence-electron chi connectivity index (χ2n) is 14.8. The molecule has 1 saturated carbocycles. The van der Waals surface area contributed by atoms with Crippen molar-refractivity contribution in [1.82, 2.24) is 15.1 Å². The van der Waals surface area contributed by atoms with Gasteiger partial charge in [0.25, 0.3) is 0 Å². The van der Waals surface area contributed by atoms with Crippen molar-refractivity contribution in [1.29, 1.82) is 0 Å². The summed E-state index contributed by atoms with van der Waals surface area (Å²) in [7, 11) is 0. The van der Waals surface area contributed by atoms with Crippen LogP contribution in [0.5, 0.6) is 0 Å². The second kappa shape index (κ2) is 11.9. The molecule has 1 unspecified atom stereocenters. The predicted octanol–water partition coefficient (Wildman–Crippen LogP) is 2.46. The number of aliphatic hydroxyl groups excluding tert-OH is 1. The van der Waals surface area contributed by atoms with Crippen molar-refractivity contribution in [2.24, 2.45) is 28.1 Å². The van der Waals surface area contributed by atoms with Crippen LogP contribution in [-0.4, -0.2) is 107 Å². The number of Topliss-reactive ketones (excluding diaryl/α,β-unsaturated/α-hetero) is 1. The Kier molecular flexibility index (Phi) is 9.17. The van der Waals surface area contributed by atoms with E-state index in [1.807, 2.05) is 11.0 Å². The maximum Gasteiger partial charge on any atom is 0.410 e. The fourth-order valence-corrected chi connectivity index (χ4v) is 6.72. The molecular weight excluding hydrogens is 542 g/mol. The van der Waals surface area contributed by atoms with Crippen molar-refractivity contribution in [2.75, 3.05) is 45.9 Å². The maximum absolute atomic E-state index is 13.7. The van der Waals surface area contributed by atoms with Crippen LogP contribution < -0.4 is 5.32 Å². The van der Waals surface area contributed by atoms with E-state index in [2.05, 4.69) is 25.2 Å². The molecule has 3 N–H and O–H groups in total. The average molecular weight is 592 g/mol. The number of hydrogen-bond donors (Lipinski definition) is 3. The molecule has 0 radical (unpaired) electrons. The maximum atomic E-state index is 13.7. The molecule has 2 aliphatic carbocycles. The fourth-order valence-electron chi connectivity index (χ4n) is 6.72. The summed E-state index contributed by atoms with van der Waals surface area (Å²) in [6.45, 7) is 12.8. The van der Waals surface area contributed by atoms with E-state index in [1.165, 1.54) is 4.90 Å². The number of rotatable bonds is 11. The molecule has 1 spiro atoms. The van der Waals surface area contributed by atoms with Gasteiger partial charge in [0.1, 0.15) is 11.4 Å². The number of ether oxygens (including phenoxy) is 2. The summed E-state index contributed by atoms with van der Waals surface area (Å²) >= 11 is 0. The van der Waals surface area contributed by atoms with Crippen molar-refractivity contribution in [2.45, 2.75) is 85.0 Å². The van der Waals surface area contributed by atoms with Gasteiger partial charge in [-0.05, 0) is 58.8 Å². The highest BCUT2D eigenvalue weighted by Crippen LogP contribution is 2.53. The van der Waals surface area contributed by atoms with E-state index in [4.69, 9.17) is 9.47 Å². The first kappa shape index (κ1) is 32.4. The molecule has 236 valence electrons. The van der Waals surface area contributed by atoms with Crippen LogP contribution in [0, 0.1) is 28.1 Å².